The fourth-order valence-corrected chi connectivity index (χ4v) is 3.48. The first-order chi connectivity index (χ1) is 11.5. The van der Waals surface area contributed by atoms with Crippen LogP contribution in [0.2, 0.25) is 0 Å². The normalized spacial score (nSPS) is 22.8. The van der Waals surface area contributed by atoms with Gasteiger partial charge in [0.1, 0.15) is 5.82 Å². The second kappa shape index (κ2) is 7.30. The highest BCUT2D eigenvalue weighted by Crippen LogP contribution is 2.20. The maximum atomic E-state index is 13.0. The number of amides is 2. The van der Waals surface area contributed by atoms with Gasteiger partial charge in [-0.3, -0.25) is 14.5 Å². The lowest BCUT2D eigenvalue weighted by Crippen LogP contribution is -2.39. The summed E-state index contributed by atoms with van der Waals surface area (Å²) >= 11 is 0. The Kier molecular flexibility index (Phi) is 5.14. The molecule has 0 spiro atoms. The molecular weight excluding hydrogens is 309 g/mol. The van der Waals surface area contributed by atoms with Gasteiger partial charge in [-0.05, 0) is 24.1 Å². The van der Waals surface area contributed by atoms with E-state index in [1.165, 1.54) is 12.1 Å². The highest BCUT2D eigenvalue weighted by atomic mass is 19.1. The summed E-state index contributed by atoms with van der Waals surface area (Å²) < 4.78 is 13.0. The number of nitrogens with zero attached hydrogens (tertiary/aromatic N) is 3. The SMILES string of the molecule is CN1CC(C(=O)N2CCCN(Cc3ccc(F)cc3)CC2)CC1=O. The molecule has 0 aliphatic carbocycles. The molecule has 1 aromatic carbocycles. The van der Waals surface area contributed by atoms with Gasteiger partial charge in [0.15, 0.2) is 0 Å². The number of rotatable bonds is 3. The summed E-state index contributed by atoms with van der Waals surface area (Å²) in [7, 11) is 1.75. The first-order valence-corrected chi connectivity index (χ1v) is 8.52. The molecule has 1 atom stereocenters. The van der Waals surface area contributed by atoms with E-state index in [0.717, 1.165) is 38.2 Å². The molecule has 2 heterocycles. The Balaban J connectivity index is 1.54. The van der Waals surface area contributed by atoms with Gasteiger partial charge in [-0.1, -0.05) is 12.1 Å². The van der Waals surface area contributed by atoms with Crippen LogP contribution in [0.1, 0.15) is 18.4 Å². The molecule has 24 heavy (non-hydrogen) atoms. The molecule has 2 fully saturated rings. The summed E-state index contributed by atoms with van der Waals surface area (Å²) in [5, 5.41) is 0. The van der Waals surface area contributed by atoms with Crippen molar-refractivity contribution in [3.05, 3.63) is 35.6 Å². The summed E-state index contributed by atoms with van der Waals surface area (Å²) in [4.78, 5) is 30.1. The lowest BCUT2D eigenvalue weighted by Gasteiger charge is -2.24. The van der Waals surface area contributed by atoms with Crippen molar-refractivity contribution in [2.45, 2.75) is 19.4 Å². The van der Waals surface area contributed by atoms with Crippen LogP contribution in [0, 0.1) is 11.7 Å². The lowest BCUT2D eigenvalue weighted by molar-refractivity contribution is -0.135. The third-order valence-corrected chi connectivity index (χ3v) is 4.91. The second-order valence-corrected chi connectivity index (χ2v) is 6.76. The number of likely N-dealkylation sites (tertiary alicyclic amines) is 1. The van der Waals surface area contributed by atoms with Crippen LogP contribution in [0.15, 0.2) is 24.3 Å². The fraction of sp³-hybridized carbons (Fsp3) is 0.556. The number of halogens is 1. The second-order valence-electron chi connectivity index (χ2n) is 6.76. The molecule has 2 amide bonds. The minimum atomic E-state index is -0.220. The van der Waals surface area contributed by atoms with Gasteiger partial charge in [-0.2, -0.15) is 0 Å². The van der Waals surface area contributed by atoms with E-state index >= 15 is 0 Å². The zero-order valence-electron chi connectivity index (χ0n) is 14.1. The van der Waals surface area contributed by atoms with Crippen molar-refractivity contribution in [3.8, 4) is 0 Å². The topological polar surface area (TPSA) is 43.9 Å². The average molecular weight is 333 g/mol. The molecule has 3 rings (SSSR count). The van der Waals surface area contributed by atoms with Crippen LogP contribution in [0.3, 0.4) is 0 Å². The first-order valence-electron chi connectivity index (χ1n) is 8.52. The molecule has 6 heteroatoms. The zero-order chi connectivity index (χ0) is 17.1. The van der Waals surface area contributed by atoms with E-state index in [4.69, 9.17) is 0 Å². The molecular formula is C18H24FN3O2. The van der Waals surface area contributed by atoms with Gasteiger partial charge in [-0.15, -0.1) is 0 Å². The Morgan fingerprint density at radius 2 is 1.92 bits per heavy atom. The minimum absolute atomic E-state index is 0.0566. The molecule has 1 aromatic rings. The Morgan fingerprint density at radius 1 is 1.17 bits per heavy atom. The van der Waals surface area contributed by atoms with E-state index in [1.807, 2.05) is 17.0 Å². The maximum Gasteiger partial charge on any atom is 0.228 e. The van der Waals surface area contributed by atoms with Crippen LogP contribution in [0.25, 0.3) is 0 Å². The van der Waals surface area contributed by atoms with Gasteiger partial charge in [0.2, 0.25) is 11.8 Å². The highest BCUT2D eigenvalue weighted by molar-refractivity contribution is 5.89. The molecule has 0 bridgehead atoms. The van der Waals surface area contributed by atoms with Crippen molar-refractivity contribution in [3.63, 3.8) is 0 Å². The van der Waals surface area contributed by atoms with Crippen molar-refractivity contribution in [1.29, 1.82) is 0 Å². The standard InChI is InChI=1S/C18H24FN3O2/c1-20-13-15(11-17(20)23)18(24)22-8-2-7-21(9-10-22)12-14-3-5-16(19)6-4-14/h3-6,15H,2,7-13H2,1H3. The third-order valence-electron chi connectivity index (χ3n) is 4.91. The van der Waals surface area contributed by atoms with Crippen LogP contribution in [-0.2, 0) is 16.1 Å². The third kappa shape index (κ3) is 3.93. The monoisotopic (exact) mass is 333 g/mol. The van der Waals surface area contributed by atoms with E-state index in [2.05, 4.69) is 4.90 Å². The van der Waals surface area contributed by atoms with Crippen molar-refractivity contribution in [1.82, 2.24) is 14.7 Å². The van der Waals surface area contributed by atoms with Gasteiger partial charge in [0, 0.05) is 52.7 Å². The number of hydrogen-bond donors (Lipinski definition) is 0. The van der Waals surface area contributed by atoms with Crippen LogP contribution < -0.4 is 0 Å². The molecule has 5 nitrogen and oxygen atoms in total. The number of carbonyl (C=O) groups is 2. The summed E-state index contributed by atoms with van der Waals surface area (Å²) in [6.07, 6.45) is 1.26. The molecule has 1 unspecified atom stereocenters. The van der Waals surface area contributed by atoms with Gasteiger partial charge in [-0.25, -0.2) is 4.39 Å². The van der Waals surface area contributed by atoms with Crippen LogP contribution in [-0.4, -0.2) is 66.3 Å². The van der Waals surface area contributed by atoms with Gasteiger partial charge >= 0.3 is 0 Å². The number of hydrogen-bond acceptors (Lipinski definition) is 3. The summed E-state index contributed by atoms with van der Waals surface area (Å²) in [6, 6.07) is 6.58. The predicted octanol–water partition coefficient (Wildman–Crippen LogP) is 1.34. The summed E-state index contributed by atoms with van der Waals surface area (Å²) in [6.45, 7) is 4.46. The van der Waals surface area contributed by atoms with Gasteiger partial charge in [0.05, 0.1) is 5.92 Å². The lowest BCUT2D eigenvalue weighted by atomic mass is 10.1. The molecule has 2 saturated heterocycles. The van der Waals surface area contributed by atoms with Crippen molar-refractivity contribution in [2.75, 3.05) is 39.8 Å². The number of carbonyl (C=O) groups excluding carboxylic acids is 2. The van der Waals surface area contributed by atoms with E-state index in [-0.39, 0.29) is 23.5 Å². The minimum Gasteiger partial charge on any atom is -0.345 e. The van der Waals surface area contributed by atoms with Crippen LogP contribution >= 0.6 is 0 Å². The largest absolute Gasteiger partial charge is 0.345 e. The Labute approximate surface area is 142 Å². The summed E-state index contributed by atoms with van der Waals surface area (Å²) in [5.74, 6) is -0.244. The van der Waals surface area contributed by atoms with Gasteiger partial charge < -0.3 is 9.80 Å². The molecule has 2 aliphatic heterocycles. The van der Waals surface area contributed by atoms with Crippen LogP contribution in [0.4, 0.5) is 4.39 Å². The first kappa shape index (κ1) is 16.9. The van der Waals surface area contributed by atoms with E-state index in [0.29, 0.717) is 19.5 Å². The maximum absolute atomic E-state index is 13.0. The van der Waals surface area contributed by atoms with Gasteiger partial charge in [0.25, 0.3) is 0 Å². The summed E-state index contributed by atoms with van der Waals surface area (Å²) in [5.41, 5.74) is 1.08. The number of benzene rings is 1. The van der Waals surface area contributed by atoms with Crippen molar-refractivity contribution < 1.29 is 14.0 Å². The zero-order valence-corrected chi connectivity index (χ0v) is 14.1. The molecule has 0 aromatic heterocycles. The molecule has 130 valence electrons. The molecule has 0 saturated carbocycles. The highest BCUT2D eigenvalue weighted by Gasteiger charge is 2.35. The van der Waals surface area contributed by atoms with Crippen molar-refractivity contribution >= 4 is 11.8 Å². The Hall–Kier alpha value is -1.95. The van der Waals surface area contributed by atoms with Crippen LogP contribution in [0.5, 0.6) is 0 Å². The Bertz CT molecular complexity index is 605. The van der Waals surface area contributed by atoms with E-state index < -0.39 is 0 Å². The van der Waals surface area contributed by atoms with E-state index in [9.17, 15) is 14.0 Å². The average Bonchev–Trinajstić information content (AvgIpc) is 2.77. The van der Waals surface area contributed by atoms with E-state index in [1.54, 1.807) is 11.9 Å². The molecule has 0 N–H and O–H groups in total. The van der Waals surface area contributed by atoms with Crippen molar-refractivity contribution in [2.24, 2.45) is 5.92 Å². The predicted molar refractivity (Wildman–Crippen MR) is 88.6 cm³/mol. The molecule has 0 radical (unpaired) electrons. The quantitative estimate of drug-likeness (QED) is 0.838. The Morgan fingerprint density at radius 3 is 2.58 bits per heavy atom. The smallest absolute Gasteiger partial charge is 0.228 e. The fourth-order valence-electron chi connectivity index (χ4n) is 3.48. The molecule has 2 aliphatic rings.